The summed E-state index contributed by atoms with van der Waals surface area (Å²) in [5.41, 5.74) is 3.36. The summed E-state index contributed by atoms with van der Waals surface area (Å²) in [6.45, 7) is 2.86. The Morgan fingerprint density at radius 2 is 1.87 bits per heavy atom. The average molecular weight is 422 g/mol. The highest BCUT2D eigenvalue weighted by atomic mass is 35.5. The first kappa shape index (κ1) is 18.9. The van der Waals surface area contributed by atoms with E-state index in [1.807, 2.05) is 55.5 Å². The number of carbonyl (C=O) groups is 1. The molecular weight excluding hydrogens is 402 g/mol. The predicted molar refractivity (Wildman–Crippen MR) is 115 cm³/mol. The summed E-state index contributed by atoms with van der Waals surface area (Å²) in [5.74, 6) is 1.31. The van der Waals surface area contributed by atoms with Gasteiger partial charge >= 0.3 is 0 Å². The third-order valence-electron chi connectivity index (χ3n) is 5.39. The van der Waals surface area contributed by atoms with Crippen LogP contribution in [-0.2, 0) is 4.79 Å². The van der Waals surface area contributed by atoms with E-state index in [0.29, 0.717) is 42.7 Å². The Kier molecular flexibility index (Phi) is 4.79. The summed E-state index contributed by atoms with van der Waals surface area (Å²) in [4.78, 5) is 17.2. The second-order valence-corrected chi connectivity index (χ2v) is 7.64. The molecule has 0 unspecified atom stereocenters. The molecule has 0 bridgehead atoms. The number of ether oxygens (including phenoxy) is 2. The molecule has 0 N–H and O–H groups in total. The maximum absolute atomic E-state index is 12.7. The van der Waals surface area contributed by atoms with Gasteiger partial charge in [0.25, 0.3) is 0 Å². The van der Waals surface area contributed by atoms with Crippen LogP contribution in [0.25, 0.3) is 10.9 Å². The Balaban J connectivity index is 1.57. The van der Waals surface area contributed by atoms with Crippen molar-refractivity contribution in [3.8, 4) is 11.5 Å². The van der Waals surface area contributed by atoms with Gasteiger partial charge in [0.2, 0.25) is 5.91 Å². The third kappa shape index (κ3) is 3.27. The molecule has 6 nitrogen and oxygen atoms in total. The van der Waals surface area contributed by atoms with Crippen LogP contribution in [-0.4, -0.2) is 34.8 Å². The van der Waals surface area contributed by atoms with E-state index in [0.717, 1.165) is 27.7 Å². The van der Waals surface area contributed by atoms with Gasteiger partial charge in [-0.05, 0) is 17.7 Å². The molecule has 7 heteroatoms. The minimum absolute atomic E-state index is 0.0516. The van der Waals surface area contributed by atoms with Crippen molar-refractivity contribution < 1.29 is 14.3 Å². The van der Waals surface area contributed by atoms with Gasteiger partial charge in [-0.25, -0.2) is 9.99 Å². The Morgan fingerprint density at radius 1 is 1.13 bits per heavy atom. The first-order chi connectivity index (χ1) is 14.6. The van der Waals surface area contributed by atoms with Gasteiger partial charge in [0.15, 0.2) is 11.5 Å². The molecule has 0 radical (unpaired) electrons. The van der Waals surface area contributed by atoms with Crippen molar-refractivity contribution in [1.82, 2.24) is 9.99 Å². The molecule has 0 saturated carbocycles. The number of halogens is 1. The Hall–Kier alpha value is -3.12. The molecule has 1 atom stereocenters. The van der Waals surface area contributed by atoms with Gasteiger partial charge in [0.05, 0.1) is 17.3 Å². The molecule has 3 heterocycles. The van der Waals surface area contributed by atoms with Crippen LogP contribution in [0.15, 0.2) is 53.6 Å². The van der Waals surface area contributed by atoms with Crippen molar-refractivity contribution in [2.24, 2.45) is 5.10 Å². The molecule has 5 rings (SSSR count). The summed E-state index contributed by atoms with van der Waals surface area (Å²) in [7, 11) is 0. The van der Waals surface area contributed by atoms with E-state index in [-0.39, 0.29) is 11.9 Å². The first-order valence-electron chi connectivity index (χ1n) is 9.99. The number of carbonyl (C=O) groups excluding carboxylic acids is 1. The third-order valence-corrected chi connectivity index (χ3v) is 5.70. The number of hydrazone groups is 1. The highest BCUT2D eigenvalue weighted by Crippen LogP contribution is 2.40. The normalized spacial score (nSPS) is 17.9. The Labute approximate surface area is 179 Å². The SMILES string of the molecule is CCC(=O)N1N=C(c2ccccc2)C[C@H]1c1cc2cc3c(cc2nc1Cl)OCCO3. The molecule has 3 aromatic rings. The maximum Gasteiger partial charge on any atom is 0.242 e. The zero-order valence-electron chi connectivity index (χ0n) is 16.5. The highest BCUT2D eigenvalue weighted by Gasteiger charge is 2.34. The molecule has 2 aliphatic rings. The number of amides is 1. The fraction of sp³-hybridized carbons (Fsp3) is 0.261. The van der Waals surface area contributed by atoms with E-state index >= 15 is 0 Å². The van der Waals surface area contributed by atoms with Crippen LogP contribution in [0.3, 0.4) is 0 Å². The number of aromatic nitrogens is 1. The number of pyridine rings is 1. The molecule has 1 aromatic heterocycles. The van der Waals surface area contributed by atoms with E-state index in [1.54, 1.807) is 5.01 Å². The molecular formula is C23H20ClN3O3. The molecule has 2 aromatic carbocycles. The van der Waals surface area contributed by atoms with Crippen LogP contribution in [0.1, 0.15) is 36.9 Å². The summed E-state index contributed by atoms with van der Waals surface area (Å²) >= 11 is 6.60. The number of nitrogens with zero attached hydrogens (tertiary/aromatic N) is 3. The van der Waals surface area contributed by atoms with Crippen molar-refractivity contribution in [2.45, 2.75) is 25.8 Å². The van der Waals surface area contributed by atoms with Crippen molar-refractivity contribution in [3.63, 3.8) is 0 Å². The summed E-state index contributed by atoms with van der Waals surface area (Å²) in [6.07, 6.45) is 0.937. The molecule has 1 amide bonds. The fourth-order valence-corrected chi connectivity index (χ4v) is 4.16. The number of hydrogen-bond donors (Lipinski definition) is 0. The van der Waals surface area contributed by atoms with Crippen LogP contribution >= 0.6 is 11.6 Å². The number of hydrogen-bond acceptors (Lipinski definition) is 5. The summed E-state index contributed by atoms with van der Waals surface area (Å²) in [5, 5.41) is 7.45. The quantitative estimate of drug-likeness (QED) is 0.572. The molecule has 0 saturated heterocycles. The lowest BCUT2D eigenvalue weighted by Gasteiger charge is -2.23. The summed E-state index contributed by atoms with van der Waals surface area (Å²) < 4.78 is 11.4. The van der Waals surface area contributed by atoms with Crippen LogP contribution in [0, 0.1) is 0 Å². The van der Waals surface area contributed by atoms with Crippen LogP contribution in [0.4, 0.5) is 0 Å². The standard InChI is InChI=1S/C23H20ClN3O3/c1-2-22(28)27-19(12-18(26-27)14-6-4-3-5-7-14)16-10-15-11-20-21(30-9-8-29-20)13-17(15)25-23(16)24/h3-7,10-11,13,19H,2,8-9,12H2,1H3/t19-/m0/s1. The van der Waals surface area contributed by atoms with Gasteiger partial charge in [-0.1, -0.05) is 48.9 Å². The van der Waals surface area contributed by atoms with Gasteiger partial charge in [-0.3, -0.25) is 4.79 Å². The van der Waals surface area contributed by atoms with Crippen molar-refractivity contribution in [2.75, 3.05) is 13.2 Å². The smallest absolute Gasteiger partial charge is 0.242 e. The van der Waals surface area contributed by atoms with E-state index in [4.69, 9.17) is 21.1 Å². The lowest BCUT2D eigenvalue weighted by molar-refractivity contribution is -0.132. The zero-order valence-corrected chi connectivity index (χ0v) is 17.2. The van der Waals surface area contributed by atoms with E-state index < -0.39 is 0 Å². The average Bonchev–Trinajstić information content (AvgIpc) is 3.22. The minimum Gasteiger partial charge on any atom is -0.486 e. The van der Waals surface area contributed by atoms with E-state index in [9.17, 15) is 4.79 Å². The van der Waals surface area contributed by atoms with E-state index in [2.05, 4.69) is 10.1 Å². The molecule has 0 fully saturated rings. The maximum atomic E-state index is 12.7. The van der Waals surface area contributed by atoms with Gasteiger partial charge in [0, 0.05) is 29.9 Å². The van der Waals surface area contributed by atoms with Crippen LogP contribution in [0.5, 0.6) is 11.5 Å². The predicted octanol–water partition coefficient (Wildman–Crippen LogP) is 4.75. The summed E-state index contributed by atoms with van der Waals surface area (Å²) in [6, 6.07) is 15.3. The van der Waals surface area contributed by atoms with Gasteiger partial charge in [-0.15, -0.1) is 0 Å². The number of fused-ring (bicyclic) bond motifs is 2. The van der Waals surface area contributed by atoms with Gasteiger partial charge < -0.3 is 9.47 Å². The first-order valence-corrected chi connectivity index (χ1v) is 10.4. The van der Waals surface area contributed by atoms with Gasteiger partial charge in [0.1, 0.15) is 18.4 Å². The Bertz CT molecular complexity index is 1160. The van der Waals surface area contributed by atoms with Crippen LogP contribution in [0.2, 0.25) is 5.15 Å². The molecule has 0 aliphatic carbocycles. The van der Waals surface area contributed by atoms with Crippen LogP contribution < -0.4 is 9.47 Å². The van der Waals surface area contributed by atoms with Crippen molar-refractivity contribution in [1.29, 1.82) is 0 Å². The molecule has 0 spiro atoms. The molecule has 152 valence electrons. The molecule has 2 aliphatic heterocycles. The fourth-order valence-electron chi connectivity index (χ4n) is 3.89. The minimum atomic E-state index is -0.301. The highest BCUT2D eigenvalue weighted by molar-refractivity contribution is 6.30. The topological polar surface area (TPSA) is 64.0 Å². The second kappa shape index (κ2) is 7.61. The number of benzene rings is 2. The lowest BCUT2D eigenvalue weighted by Crippen LogP contribution is -2.26. The van der Waals surface area contributed by atoms with Gasteiger partial charge in [-0.2, -0.15) is 5.10 Å². The Morgan fingerprint density at radius 3 is 2.60 bits per heavy atom. The monoisotopic (exact) mass is 421 g/mol. The molecule has 30 heavy (non-hydrogen) atoms. The second-order valence-electron chi connectivity index (χ2n) is 7.28. The zero-order chi connectivity index (χ0) is 20.7. The van der Waals surface area contributed by atoms with Crippen molar-refractivity contribution in [3.05, 3.63) is 64.8 Å². The van der Waals surface area contributed by atoms with Crippen molar-refractivity contribution >= 4 is 34.1 Å². The van der Waals surface area contributed by atoms with E-state index in [1.165, 1.54) is 0 Å². The number of rotatable bonds is 3. The largest absolute Gasteiger partial charge is 0.486 e. The lowest BCUT2D eigenvalue weighted by atomic mass is 9.98.